The van der Waals surface area contributed by atoms with Crippen molar-refractivity contribution < 1.29 is 9.90 Å². The summed E-state index contributed by atoms with van der Waals surface area (Å²) in [5.41, 5.74) is 0.386. The fraction of sp³-hybridized carbons (Fsp3) is 0.615. The number of allylic oxidation sites excluding steroid dienone is 3. The summed E-state index contributed by atoms with van der Waals surface area (Å²) in [6.45, 7) is 3.81. The summed E-state index contributed by atoms with van der Waals surface area (Å²) < 4.78 is 0. The molecule has 0 rings (SSSR count). The number of aliphatic carboxylic acids is 1. The zero-order valence-electron chi connectivity index (χ0n) is 9.83. The van der Waals surface area contributed by atoms with Crippen molar-refractivity contribution in [2.24, 2.45) is 0 Å². The van der Waals surface area contributed by atoms with Gasteiger partial charge >= 0.3 is 5.97 Å². The molecule has 0 aromatic heterocycles. The van der Waals surface area contributed by atoms with Crippen LogP contribution in [0, 0.1) is 0 Å². The van der Waals surface area contributed by atoms with Gasteiger partial charge in [-0.1, -0.05) is 50.8 Å². The molecule has 0 amide bonds. The van der Waals surface area contributed by atoms with E-state index in [2.05, 4.69) is 6.92 Å². The van der Waals surface area contributed by atoms with Crippen molar-refractivity contribution in [3.63, 3.8) is 0 Å². The molecule has 2 heteroatoms. The zero-order valence-corrected chi connectivity index (χ0v) is 9.83. The molecule has 0 saturated carbocycles. The van der Waals surface area contributed by atoms with E-state index in [0.29, 0.717) is 5.57 Å². The Morgan fingerprint density at radius 3 is 2.47 bits per heavy atom. The molecule has 0 atom stereocenters. The Kier molecular flexibility index (Phi) is 8.84. The van der Waals surface area contributed by atoms with Gasteiger partial charge in [-0.2, -0.15) is 0 Å². The molecule has 0 aliphatic carbocycles. The molecule has 0 heterocycles. The molecular weight excluding hydrogens is 188 g/mol. The minimum atomic E-state index is -0.845. The normalized spacial score (nSPS) is 12.3. The molecule has 0 aliphatic rings. The standard InChI is InChI=1S/C13H22O2/c1-3-4-5-6-7-8-9-10-11-12(2)13(14)15/h9-11H,3-8H2,1-2H3,(H,14,15)/b10-9+,12-11+. The Morgan fingerprint density at radius 1 is 1.20 bits per heavy atom. The number of carboxylic acids is 1. The highest BCUT2D eigenvalue weighted by Gasteiger charge is 1.95. The van der Waals surface area contributed by atoms with Crippen LogP contribution in [0.2, 0.25) is 0 Å². The minimum absolute atomic E-state index is 0.386. The van der Waals surface area contributed by atoms with E-state index in [4.69, 9.17) is 5.11 Å². The Labute approximate surface area is 92.7 Å². The van der Waals surface area contributed by atoms with E-state index in [1.54, 1.807) is 13.0 Å². The molecule has 0 saturated heterocycles. The third-order valence-corrected chi connectivity index (χ3v) is 2.29. The van der Waals surface area contributed by atoms with Crippen LogP contribution in [-0.4, -0.2) is 11.1 Å². The van der Waals surface area contributed by atoms with Gasteiger partial charge in [0.1, 0.15) is 0 Å². The molecule has 1 N–H and O–H groups in total. The lowest BCUT2D eigenvalue weighted by molar-refractivity contribution is -0.132. The smallest absolute Gasteiger partial charge is 0.331 e. The van der Waals surface area contributed by atoms with Gasteiger partial charge in [0, 0.05) is 5.57 Å². The van der Waals surface area contributed by atoms with Crippen LogP contribution < -0.4 is 0 Å². The maximum atomic E-state index is 10.4. The van der Waals surface area contributed by atoms with E-state index in [0.717, 1.165) is 6.42 Å². The van der Waals surface area contributed by atoms with Gasteiger partial charge in [0.25, 0.3) is 0 Å². The van der Waals surface area contributed by atoms with Crippen molar-refractivity contribution in [1.82, 2.24) is 0 Å². The molecule has 0 aromatic rings. The number of hydrogen-bond donors (Lipinski definition) is 1. The van der Waals surface area contributed by atoms with E-state index >= 15 is 0 Å². The maximum Gasteiger partial charge on any atom is 0.331 e. The second-order valence-electron chi connectivity index (χ2n) is 3.79. The summed E-state index contributed by atoms with van der Waals surface area (Å²) in [6.07, 6.45) is 13.0. The first-order valence-corrected chi connectivity index (χ1v) is 5.75. The number of rotatable bonds is 8. The molecule has 0 aliphatic heterocycles. The highest BCUT2D eigenvalue weighted by molar-refractivity contribution is 5.86. The predicted octanol–water partition coefficient (Wildman–Crippen LogP) is 3.93. The number of carboxylic acid groups (broad SMARTS) is 1. The fourth-order valence-electron chi connectivity index (χ4n) is 1.25. The SMILES string of the molecule is CCCCCCC/C=C/C=C(\C)C(=O)O. The number of hydrogen-bond acceptors (Lipinski definition) is 1. The van der Waals surface area contributed by atoms with Crippen LogP contribution in [0.15, 0.2) is 23.8 Å². The lowest BCUT2D eigenvalue weighted by Crippen LogP contribution is -1.94. The topological polar surface area (TPSA) is 37.3 Å². The van der Waals surface area contributed by atoms with Gasteiger partial charge in [-0.05, 0) is 19.8 Å². The largest absolute Gasteiger partial charge is 0.478 e. The lowest BCUT2D eigenvalue weighted by atomic mass is 10.1. The van der Waals surface area contributed by atoms with Gasteiger partial charge in [0.05, 0.1) is 0 Å². The average molecular weight is 210 g/mol. The van der Waals surface area contributed by atoms with Crippen LogP contribution in [0.3, 0.4) is 0 Å². The van der Waals surface area contributed by atoms with E-state index in [9.17, 15) is 4.79 Å². The van der Waals surface area contributed by atoms with E-state index in [-0.39, 0.29) is 0 Å². The molecule has 0 aromatic carbocycles. The van der Waals surface area contributed by atoms with Crippen molar-refractivity contribution in [1.29, 1.82) is 0 Å². The Balaban J connectivity index is 3.47. The van der Waals surface area contributed by atoms with E-state index in [1.807, 2.05) is 12.2 Å². The molecule has 15 heavy (non-hydrogen) atoms. The molecule has 86 valence electrons. The first-order chi connectivity index (χ1) is 7.18. The quantitative estimate of drug-likeness (QED) is 0.374. The molecule has 2 nitrogen and oxygen atoms in total. The minimum Gasteiger partial charge on any atom is -0.478 e. The first kappa shape index (κ1) is 13.9. The van der Waals surface area contributed by atoms with Gasteiger partial charge < -0.3 is 5.11 Å². The summed E-state index contributed by atoms with van der Waals surface area (Å²) in [6, 6.07) is 0. The van der Waals surface area contributed by atoms with Gasteiger partial charge in [0.2, 0.25) is 0 Å². The molecule has 0 unspecified atom stereocenters. The predicted molar refractivity (Wildman–Crippen MR) is 63.9 cm³/mol. The summed E-state index contributed by atoms with van der Waals surface area (Å²) >= 11 is 0. The summed E-state index contributed by atoms with van der Waals surface area (Å²) in [7, 11) is 0. The monoisotopic (exact) mass is 210 g/mol. The number of unbranched alkanes of at least 4 members (excludes halogenated alkanes) is 5. The highest BCUT2D eigenvalue weighted by atomic mass is 16.4. The van der Waals surface area contributed by atoms with Gasteiger partial charge in [-0.25, -0.2) is 4.79 Å². The van der Waals surface area contributed by atoms with Gasteiger partial charge in [-0.15, -0.1) is 0 Å². The van der Waals surface area contributed by atoms with E-state index in [1.165, 1.54) is 32.1 Å². The van der Waals surface area contributed by atoms with Crippen LogP contribution in [0.25, 0.3) is 0 Å². The third-order valence-electron chi connectivity index (χ3n) is 2.29. The molecule has 0 spiro atoms. The second-order valence-corrected chi connectivity index (χ2v) is 3.79. The number of carbonyl (C=O) groups is 1. The highest BCUT2D eigenvalue weighted by Crippen LogP contribution is 2.05. The van der Waals surface area contributed by atoms with E-state index < -0.39 is 5.97 Å². The average Bonchev–Trinajstić information content (AvgIpc) is 2.21. The van der Waals surface area contributed by atoms with Crippen LogP contribution >= 0.6 is 0 Å². The summed E-state index contributed by atoms with van der Waals surface area (Å²) in [4.78, 5) is 10.4. The summed E-state index contributed by atoms with van der Waals surface area (Å²) in [5, 5.41) is 8.58. The van der Waals surface area contributed by atoms with Crippen molar-refractivity contribution in [2.45, 2.75) is 52.4 Å². The first-order valence-electron chi connectivity index (χ1n) is 5.75. The fourth-order valence-corrected chi connectivity index (χ4v) is 1.25. The van der Waals surface area contributed by atoms with Crippen LogP contribution in [0.1, 0.15) is 52.4 Å². The Bertz CT molecular complexity index is 227. The van der Waals surface area contributed by atoms with Crippen molar-refractivity contribution in [3.8, 4) is 0 Å². The summed E-state index contributed by atoms with van der Waals surface area (Å²) in [5.74, 6) is -0.845. The van der Waals surface area contributed by atoms with Crippen molar-refractivity contribution in [3.05, 3.63) is 23.8 Å². The Hall–Kier alpha value is -1.05. The second kappa shape index (κ2) is 9.50. The van der Waals surface area contributed by atoms with Gasteiger partial charge in [-0.3, -0.25) is 0 Å². The molecule has 0 radical (unpaired) electrons. The van der Waals surface area contributed by atoms with Crippen LogP contribution in [0.5, 0.6) is 0 Å². The van der Waals surface area contributed by atoms with Crippen LogP contribution in [-0.2, 0) is 4.79 Å². The molecule has 0 bridgehead atoms. The van der Waals surface area contributed by atoms with Gasteiger partial charge in [0.15, 0.2) is 0 Å². The van der Waals surface area contributed by atoms with Crippen LogP contribution in [0.4, 0.5) is 0 Å². The van der Waals surface area contributed by atoms with Crippen molar-refractivity contribution >= 4 is 5.97 Å². The van der Waals surface area contributed by atoms with Crippen molar-refractivity contribution in [2.75, 3.05) is 0 Å². The maximum absolute atomic E-state index is 10.4. The lowest BCUT2D eigenvalue weighted by Gasteiger charge is -1.95. The molecule has 0 fully saturated rings. The third kappa shape index (κ3) is 9.26. The zero-order chi connectivity index (χ0) is 11.5. The molecular formula is C13H22O2. The Morgan fingerprint density at radius 2 is 1.87 bits per heavy atom.